The van der Waals surface area contributed by atoms with E-state index in [4.69, 9.17) is 4.98 Å². The lowest BCUT2D eigenvalue weighted by molar-refractivity contribution is 0.643. The van der Waals surface area contributed by atoms with E-state index in [2.05, 4.69) is 29.6 Å². The van der Waals surface area contributed by atoms with Gasteiger partial charge in [-0.25, -0.2) is 4.98 Å². The fourth-order valence-electron chi connectivity index (χ4n) is 3.20. The maximum absolute atomic E-state index is 4.99. The molecular weight excluding hydrogens is 252 g/mol. The summed E-state index contributed by atoms with van der Waals surface area (Å²) in [5.41, 5.74) is 4.11. The van der Waals surface area contributed by atoms with Gasteiger partial charge in [-0.3, -0.25) is 0 Å². The van der Waals surface area contributed by atoms with Crippen LogP contribution in [-0.2, 0) is 12.8 Å². The van der Waals surface area contributed by atoms with Crippen LogP contribution in [0.2, 0.25) is 0 Å². The Kier molecular flexibility index (Phi) is 2.89. The lowest BCUT2D eigenvalue weighted by Gasteiger charge is -2.06. The Labute approximate surface area is 117 Å². The highest BCUT2D eigenvalue weighted by molar-refractivity contribution is 7.12. The minimum Gasteiger partial charge on any atom is -0.308 e. The van der Waals surface area contributed by atoms with Gasteiger partial charge in [-0.05, 0) is 44.2 Å². The van der Waals surface area contributed by atoms with E-state index in [0.717, 1.165) is 6.54 Å². The van der Waals surface area contributed by atoms with Gasteiger partial charge in [0.2, 0.25) is 0 Å². The lowest BCUT2D eigenvalue weighted by Crippen LogP contribution is -2.12. The predicted molar refractivity (Wildman–Crippen MR) is 79.6 cm³/mol. The highest BCUT2D eigenvalue weighted by Crippen LogP contribution is 2.38. The maximum atomic E-state index is 4.99. The second kappa shape index (κ2) is 4.73. The fourth-order valence-corrected chi connectivity index (χ4v) is 4.43. The number of aryl methyl sites for hydroxylation is 2. The molecule has 4 rings (SSSR count). The number of nitrogens with zero attached hydrogens (tertiary/aromatic N) is 1. The zero-order valence-electron chi connectivity index (χ0n) is 11.0. The molecule has 1 fully saturated rings. The Morgan fingerprint density at radius 1 is 1.16 bits per heavy atom. The zero-order valence-corrected chi connectivity index (χ0v) is 11.8. The molecule has 1 aromatic heterocycles. The number of aromatic nitrogens is 1. The Hall–Kier alpha value is -1.19. The average molecular weight is 270 g/mol. The normalized spacial score (nSPS) is 21.8. The summed E-state index contributed by atoms with van der Waals surface area (Å²) in [6.07, 6.45) is 6.16. The zero-order chi connectivity index (χ0) is 12.7. The van der Waals surface area contributed by atoms with Crippen LogP contribution >= 0.6 is 11.3 Å². The molecule has 1 N–H and O–H groups in total. The van der Waals surface area contributed by atoms with E-state index in [1.807, 2.05) is 11.3 Å². The molecule has 2 heterocycles. The summed E-state index contributed by atoms with van der Waals surface area (Å²) in [5, 5.41) is 4.87. The second-order valence-electron chi connectivity index (χ2n) is 5.48. The van der Waals surface area contributed by atoms with Gasteiger partial charge < -0.3 is 5.32 Å². The third kappa shape index (κ3) is 2.01. The quantitative estimate of drug-likeness (QED) is 0.854. The molecule has 1 atom stereocenters. The average Bonchev–Trinajstić information content (AvgIpc) is 3.06. The highest BCUT2D eigenvalue weighted by Gasteiger charge is 2.24. The molecule has 0 saturated carbocycles. The molecule has 1 saturated heterocycles. The summed E-state index contributed by atoms with van der Waals surface area (Å²) in [5.74, 6) is 0. The number of rotatable bonds is 1. The Morgan fingerprint density at radius 3 is 3.00 bits per heavy atom. The molecule has 1 aliphatic carbocycles. The molecule has 2 nitrogen and oxygen atoms in total. The monoisotopic (exact) mass is 270 g/mol. The van der Waals surface area contributed by atoms with Crippen molar-refractivity contribution in [3.8, 4) is 11.3 Å². The Balaban J connectivity index is 1.81. The molecule has 1 unspecified atom stereocenters. The SMILES string of the molecule is c1ccc2c(c1)CCCc1sc(C3CCCN3)nc1-2. The van der Waals surface area contributed by atoms with E-state index in [0.29, 0.717) is 6.04 Å². The van der Waals surface area contributed by atoms with Crippen molar-refractivity contribution in [2.75, 3.05) is 6.54 Å². The topological polar surface area (TPSA) is 24.9 Å². The van der Waals surface area contributed by atoms with Crippen LogP contribution in [-0.4, -0.2) is 11.5 Å². The standard InChI is InChI=1S/C16H18N2S/c1-2-7-12-11(5-1)6-3-9-14-15(12)18-16(19-14)13-8-4-10-17-13/h1-2,5,7,13,17H,3-4,6,8-10H2. The van der Waals surface area contributed by atoms with Crippen molar-refractivity contribution in [3.63, 3.8) is 0 Å². The first-order valence-corrected chi connectivity index (χ1v) is 8.05. The minimum absolute atomic E-state index is 0.504. The van der Waals surface area contributed by atoms with Crippen molar-refractivity contribution >= 4 is 11.3 Å². The predicted octanol–water partition coefficient (Wildman–Crippen LogP) is 3.72. The summed E-state index contributed by atoms with van der Waals surface area (Å²) >= 11 is 1.94. The van der Waals surface area contributed by atoms with Crippen LogP contribution < -0.4 is 5.32 Å². The molecule has 0 radical (unpaired) electrons. The van der Waals surface area contributed by atoms with Crippen LogP contribution in [0.15, 0.2) is 24.3 Å². The lowest BCUT2D eigenvalue weighted by atomic mass is 10.0. The molecule has 0 amide bonds. The van der Waals surface area contributed by atoms with Crippen molar-refractivity contribution in [2.45, 2.75) is 38.1 Å². The van der Waals surface area contributed by atoms with Gasteiger partial charge in [-0.2, -0.15) is 0 Å². The van der Waals surface area contributed by atoms with Crippen LogP contribution in [0.25, 0.3) is 11.3 Å². The van der Waals surface area contributed by atoms with Gasteiger partial charge in [0.05, 0.1) is 11.7 Å². The van der Waals surface area contributed by atoms with E-state index in [1.54, 1.807) is 0 Å². The van der Waals surface area contributed by atoms with Gasteiger partial charge in [0.15, 0.2) is 0 Å². The molecule has 2 aliphatic rings. The van der Waals surface area contributed by atoms with Gasteiger partial charge in [0.1, 0.15) is 5.01 Å². The van der Waals surface area contributed by atoms with E-state index < -0.39 is 0 Å². The Bertz CT molecular complexity index is 597. The van der Waals surface area contributed by atoms with E-state index >= 15 is 0 Å². The van der Waals surface area contributed by atoms with Crippen molar-refractivity contribution in [1.82, 2.24) is 10.3 Å². The molecule has 19 heavy (non-hydrogen) atoms. The summed E-state index contributed by atoms with van der Waals surface area (Å²) in [6.45, 7) is 1.14. The van der Waals surface area contributed by atoms with Crippen LogP contribution in [0.3, 0.4) is 0 Å². The summed E-state index contributed by atoms with van der Waals surface area (Å²) in [7, 11) is 0. The number of nitrogens with one attached hydrogen (secondary N) is 1. The third-order valence-electron chi connectivity index (χ3n) is 4.19. The van der Waals surface area contributed by atoms with Crippen molar-refractivity contribution < 1.29 is 0 Å². The third-order valence-corrected chi connectivity index (χ3v) is 5.42. The van der Waals surface area contributed by atoms with Gasteiger partial charge in [-0.15, -0.1) is 11.3 Å². The van der Waals surface area contributed by atoms with Gasteiger partial charge in [-0.1, -0.05) is 24.3 Å². The highest BCUT2D eigenvalue weighted by atomic mass is 32.1. The summed E-state index contributed by atoms with van der Waals surface area (Å²) < 4.78 is 0. The van der Waals surface area contributed by atoms with Crippen molar-refractivity contribution in [3.05, 3.63) is 39.7 Å². The number of fused-ring (bicyclic) bond motifs is 3. The van der Waals surface area contributed by atoms with Crippen molar-refractivity contribution in [1.29, 1.82) is 0 Å². The largest absolute Gasteiger partial charge is 0.308 e. The van der Waals surface area contributed by atoms with Crippen LogP contribution in [0.4, 0.5) is 0 Å². The molecule has 0 bridgehead atoms. The summed E-state index contributed by atoms with van der Waals surface area (Å²) in [4.78, 5) is 6.48. The molecule has 1 aliphatic heterocycles. The fraction of sp³-hybridized carbons (Fsp3) is 0.438. The van der Waals surface area contributed by atoms with Gasteiger partial charge in [0, 0.05) is 10.4 Å². The first-order valence-electron chi connectivity index (χ1n) is 7.23. The number of hydrogen-bond acceptors (Lipinski definition) is 3. The maximum Gasteiger partial charge on any atom is 0.111 e. The molecule has 1 aromatic carbocycles. The molecule has 3 heteroatoms. The van der Waals surface area contributed by atoms with E-state index in [-0.39, 0.29) is 0 Å². The van der Waals surface area contributed by atoms with Gasteiger partial charge >= 0.3 is 0 Å². The van der Waals surface area contributed by atoms with E-state index in [9.17, 15) is 0 Å². The van der Waals surface area contributed by atoms with Crippen LogP contribution in [0.1, 0.15) is 40.8 Å². The minimum atomic E-state index is 0.504. The molecular formula is C16H18N2S. The smallest absolute Gasteiger partial charge is 0.111 e. The Morgan fingerprint density at radius 2 is 2.11 bits per heavy atom. The number of thiazole rings is 1. The second-order valence-corrected chi connectivity index (χ2v) is 6.60. The number of benzene rings is 1. The molecule has 0 spiro atoms. The first-order chi connectivity index (χ1) is 9.42. The first kappa shape index (κ1) is 11.6. The van der Waals surface area contributed by atoms with Crippen LogP contribution in [0, 0.1) is 0 Å². The molecule has 98 valence electrons. The number of hydrogen-bond donors (Lipinski definition) is 1. The van der Waals surface area contributed by atoms with Gasteiger partial charge in [0.25, 0.3) is 0 Å². The van der Waals surface area contributed by atoms with E-state index in [1.165, 1.54) is 58.8 Å². The van der Waals surface area contributed by atoms with Crippen LogP contribution in [0.5, 0.6) is 0 Å². The summed E-state index contributed by atoms with van der Waals surface area (Å²) in [6, 6.07) is 9.29. The van der Waals surface area contributed by atoms with Crippen molar-refractivity contribution in [2.24, 2.45) is 0 Å². The molecule has 2 aromatic rings.